The Morgan fingerprint density at radius 2 is 2.11 bits per heavy atom. The van der Waals surface area contributed by atoms with Gasteiger partial charge in [0.1, 0.15) is 0 Å². The summed E-state index contributed by atoms with van der Waals surface area (Å²) in [5.74, 6) is -0.697. The summed E-state index contributed by atoms with van der Waals surface area (Å²) >= 11 is 3.24. The average Bonchev–Trinajstić information content (AvgIpc) is 2.35. The number of hydrogen-bond donors (Lipinski definition) is 3. The highest BCUT2D eigenvalue weighted by Crippen LogP contribution is 2.21. The molecule has 0 aliphatic rings. The summed E-state index contributed by atoms with van der Waals surface area (Å²) in [6.45, 7) is 4.63. The normalized spacial score (nSPS) is 11.7. The summed E-state index contributed by atoms with van der Waals surface area (Å²) in [5, 5.41) is 14.3. The maximum Gasteiger partial charge on any atom is 0.337 e. The average molecular weight is 329 g/mol. The van der Waals surface area contributed by atoms with Crippen molar-refractivity contribution in [2.24, 2.45) is 5.92 Å². The second-order valence-electron chi connectivity index (χ2n) is 4.34. The van der Waals surface area contributed by atoms with E-state index in [0.29, 0.717) is 16.9 Å². The van der Waals surface area contributed by atoms with Crippen LogP contribution in [-0.2, 0) is 0 Å². The quantitative estimate of drug-likeness (QED) is 0.775. The van der Waals surface area contributed by atoms with E-state index in [2.05, 4.69) is 26.6 Å². The van der Waals surface area contributed by atoms with Crippen LogP contribution in [0.5, 0.6) is 0 Å². The maximum absolute atomic E-state index is 11.7. The third-order valence-electron chi connectivity index (χ3n) is 2.77. The molecule has 1 aromatic rings. The number of nitrogens with one attached hydrogen (secondary N) is 2. The number of amides is 2. The first kappa shape index (κ1) is 15.5. The minimum Gasteiger partial charge on any atom is -0.478 e. The number of carbonyl (C=O) groups is 2. The summed E-state index contributed by atoms with van der Waals surface area (Å²) in [4.78, 5) is 22.7. The van der Waals surface area contributed by atoms with Crippen LogP contribution in [0.25, 0.3) is 0 Å². The predicted octanol–water partition coefficient (Wildman–Crippen LogP) is 3.31. The number of benzene rings is 1. The van der Waals surface area contributed by atoms with Crippen LogP contribution in [0.3, 0.4) is 0 Å². The zero-order chi connectivity index (χ0) is 14.4. The van der Waals surface area contributed by atoms with Crippen molar-refractivity contribution in [2.75, 3.05) is 11.9 Å². The van der Waals surface area contributed by atoms with Crippen molar-refractivity contribution < 1.29 is 14.7 Å². The summed E-state index contributed by atoms with van der Waals surface area (Å²) in [6, 6.07) is 4.22. The monoisotopic (exact) mass is 328 g/mol. The van der Waals surface area contributed by atoms with Gasteiger partial charge in [-0.3, -0.25) is 0 Å². The highest BCUT2D eigenvalue weighted by molar-refractivity contribution is 9.10. The molecule has 0 aliphatic heterocycles. The van der Waals surface area contributed by atoms with Gasteiger partial charge in [-0.1, -0.05) is 36.2 Å². The number of carboxylic acid groups (broad SMARTS) is 1. The summed E-state index contributed by atoms with van der Waals surface area (Å²) in [7, 11) is 0. The molecule has 0 fully saturated rings. The fourth-order valence-corrected chi connectivity index (χ4v) is 1.75. The second kappa shape index (κ2) is 7.13. The molecule has 19 heavy (non-hydrogen) atoms. The second-order valence-corrected chi connectivity index (χ2v) is 5.26. The smallest absolute Gasteiger partial charge is 0.337 e. The molecule has 1 unspecified atom stereocenters. The zero-order valence-electron chi connectivity index (χ0n) is 10.9. The number of hydrogen-bond acceptors (Lipinski definition) is 2. The lowest BCUT2D eigenvalue weighted by Gasteiger charge is -2.12. The van der Waals surface area contributed by atoms with Crippen LogP contribution in [0.15, 0.2) is 22.7 Å². The summed E-state index contributed by atoms with van der Waals surface area (Å²) in [6.07, 6.45) is 0.970. The molecule has 2 amide bonds. The topological polar surface area (TPSA) is 78.4 Å². The zero-order valence-corrected chi connectivity index (χ0v) is 12.5. The first-order chi connectivity index (χ1) is 8.93. The Balaban J connectivity index is 2.73. The molecule has 0 heterocycles. The minimum atomic E-state index is -1.08. The molecule has 0 spiro atoms. The molecule has 6 heteroatoms. The van der Waals surface area contributed by atoms with E-state index in [0.717, 1.165) is 6.42 Å². The lowest BCUT2D eigenvalue weighted by atomic mass is 10.1. The molecule has 104 valence electrons. The molecule has 1 atom stereocenters. The molecule has 0 saturated heterocycles. The number of rotatable bonds is 5. The first-order valence-electron chi connectivity index (χ1n) is 6.01. The Kier molecular flexibility index (Phi) is 5.82. The molecule has 5 nitrogen and oxygen atoms in total. The molecule has 3 N–H and O–H groups in total. The molecule has 1 aromatic carbocycles. The third kappa shape index (κ3) is 4.90. The first-order valence-corrected chi connectivity index (χ1v) is 6.81. The van der Waals surface area contributed by atoms with Gasteiger partial charge in [0.25, 0.3) is 0 Å². The SMILES string of the molecule is CCC(C)CNC(=O)Nc1cc(Br)ccc1C(=O)O. The van der Waals surface area contributed by atoms with Crippen LogP contribution in [0.1, 0.15) is 30.6 Å². The number of carboxylic acids is 1. The van der Waals surface area contributed by atoms with Crippen LogP contribution >= 0.6 is 15.9 Å². The van der Waals surface area contributed by atoms with Gasteiger partial charge < -0.3 is 15.7 Å². The Morgan fingerprint density at radius 3 is 2.68 bits per heavy atom. The number of anilines is 1. The lowest BCUT2D eigenvalue weighted by molar-refractivity contribution is 0.0698. The Hall–Kier alpha value is -1.56. The van der Waals surface area contributed by atoms with Crippen LogP contribution in [-0.4, -0.2) is 23.7 Å². The Labute approximate surface area is 120 Å². The van der Waals surface area contributed by atoms with Gasteiger partial charge in [0.15, 0.2) is 0 Å². The fourth-order valence-electron chi connectivity index (χ4n) is 1.38. The lowest BCUT2D eigenvalue weighted by Crippen LogP contribution is -2.32. The van der Waals surface area contributed by atoms with Crippen LogP contribution in [0.2, 0.25) is 0 Å². The summed E-state index contributed by atoms with van der Waals surface area (Å²) in [5.41, 5.74) is 0.324. The number of carbonyl (C=O) groups excluding carboxylic acids is 1. The number of halogens is 1. The summed E-state index contributed by atoms with van der Waals surface area (Å²) < 4.78 is 0.703. The molecular formula is C13H17BrN2O3. The standard InChI is InChI=1S/C13H17BrN2O3/c1-3-8(2)7-15-13(19)16-11-6-9(14)4-5-10(11)12(17)18/h4-6,8H,3,7H2,1-2H3,(H,17,18)(H2,15,16,19). The van der Waals surface area contributed by atoms with Gasteiger partial charge >= 0.3 is 12.0 Å². The van der Waals surface area contributed by atoms with Gasteiger partial charge in [-0.2, -0.15) is 0 Å². The van der Waals surface area contributed by atoms with E-state index in [1.807, 2.05) is 13.8 Å². The fraction of sp³-hybridized carbons (Fsp3) is 0.385. The van der Waals surface area contributed by atoms with Crippen molar-refractivity contribution >= 4 is 33.6 Å². The maximum atomic E-state index is 11.7. The molecular weight excluding hydrogens is 312 g/mol. The highest BCUT2D eigenvalue weighted by Gasteiger charge is 2.13. The van der Waals surface area contributed by atoms with Crippen LogP contribution < -0.4 is 10.6 Å². The van der Waals surface area contributed by atoms with Crippen molar-refractivity contribution in [2.45, 2.75) is 20.3 Å². The molecule has 0 bridgehead atoms. The van der Waals surface area contributed by atoms with Gasteiger partial charge in [0.2, 0.25) is 0 Å². The predicted molar refractivity (Wildman–Crippen MR) is 77.6 cm³/mol. The van der Waals surface area contributed by atoms with Crippen molar-refractivity contribution in [3.63, 3.8) is 0 Å². The van der Waals surface area contributed by atoms with Gasteiger partial charge in [0.05, 0.1) is 11.3 Å². The Bertz CT molecular complexity index is 477. The Morgan fingerprint density at radius 1 is 1.42 bits per heavy atom. The van der Waals surface area contributed by atoms with E-state index in [1.165, 1.54) is 6.07 Å². The number of urea groups is 1. The molecule has 0 aromatic heterocycles. The van der Waals surface area contributed by atoms with E-state index < -0.39 is 12.0 Å². The number of aromatic carboxylic acids is 1. The van der Waals surface area contributed by atoms with Gasteiger partial charge in [-0.05, 0) is 24.1 Å². The molecule has 0 saturated carbocycles. The molecule has 0 radical (unpaired) electrons. The molecule has 0 aliphatic carbocycles. The van der Waals surface area contributed by atoms with E-state index in [9.17, 15) is 9.59 Å². The molecule has 1 rings (SSSR count). The van der Waals surface area contributed by atoms with E-state index >= 15 is 0 Å². The van der Waals surface area contributed by atoms with Gasteiger partial charge in [0, 0.05) is 11.0 Å². The van der Waals surface area contributed by atoms with Crippen molar-refractivity contribution in [3.8, 4) is 0 Å². The third-order valence-corrected chi connectivity index (χ3v) is 3.26. The van der Waals surface area contributed by atoms with Gasteiger partial charge in [-0.25, -0.2) is 9.59 Å². The van der Waals surface area contributed by atoms with E-state index in [1.54, 1.807) is 12.1 Å². The van der Waals surface area contributed by atoms with E-state index in [-0.39, 0.29) is 11.3 Å². The van der Waals surface area contributed by atoms with Crippen molar-refractivity contribution in [1.29, 1.82) is 0 Å². The van der Waals surface area contributed by atoms with Crippen LogP contribution in [0.4, 0.5) is 10.5 Å². The van der Waals surface area contributed by atoms with Crippen molar-refractivity contribution in [3.05, 3.63) is 28.2 Å². The highest BCUT2D eigenvalue weighted by atomic mass is 79.9. The minimum absolute atomic E-state index is 0.0573. The van der Waals surface area contributed by atoms with Crippen molar-refractivity contribution in [1.82, 2.24) is 5.32 Å². The van der Waals surface area contributed by atoms with E-state index in [4.69, 9.17) is 5.11 Å². The van der Waals surface area contributed by atoms with Gasteiger partial charge in [-0.15, -0.1) is 0 Å². The van der Waals surface area contributed by atoms with Crippen LogP contribution in [0, 0.1) is 5.92 Å². The largest absolute Gasteiger partial charge is 0.478 e.